The molecule has 3 fully saturated rings. The standard InChI is InChI=1S/C50H63F2N7O9S/c1-53-32-41(60)56-44(36-16-9-4-10-17-36)47(62)59-22-11-18-40(59)46(61)57-50(64,42(34-12-5-2-6-13-34)35-14-7-3-8-15-35)48(63)54-21-25-65-28-29-67-30-31-68-45-37(19-20-38(51)43(45)52)39-33-69-49(55-39)58-23-26-66-27-24-58/h2-3,5-8,12-15,19-20,33,36,40,42,44,53,64H,4,9-11,16-18,21-32H2,1H3,(H,54,63)(H,56,60)(H,57,61)/t40-,44-,50-/m0/s1. The lowest BCUT2D eigenvalue weighted by molar-refractivity contribution is -0.154. The van der Waals surface area contributed by atoms with Gasteiger partial charge in [-0.05, 0) is 61.9 Å². The van der Waals surface area contributed by atoms with Gasteiger partial charge in [0, 0.05) is 37.1 Å². The zero-order valence-electron chi connectivity index (χ0n) is 39.0. The second-order valence-electron chi connectivity index (χ2n) is 17.4. The molecule has 16 nitrogen and oxygen atoms in total. The molecular formula is C50H63F2N7O9S. The third-order valence-electron chi connectivity index (χ3n) is 12.7. The van der Waals surface area contributed by atoms with Crippen molar-refractivity contribution in [1.82, 2.24) is 31.2 Å². The third-order valence-corrected chi connectivity index (χ3v) is 13.6. The van der Waals surface area contributed by atoms with E-state index in [1.54, 1.807) is 61.0 Å². The van der Waals surface area contributed by atoms with Crippen molar-refractivity contribution in [3.63, 3.8) is 0 Å². The molecule has 1 aromatic heterocycles. The first-order valence-corrected chi connectivity index (χ1v) is 24.7. The maximum absolute atomic E-state index is 15.0. The Morgan fingerprint density at radius 1 is 0.855 bits per heavy atom. The summed E-state index contributed by atoms with van der Waals surface area (Å²) in [5, 5.41) is 26.5. The lowest BCUT2D eigenvalue weighted by atomic mass is 9.81. The summed E-state index contributed by atoms with van der Waals surface area (Å²) in [7, 11) is 1.65. The summed E-state index contributed by atoms with van der Waals surface area (Å²) in [4.78, 5) is 64.3. The normalized spacial score (nSPS) is 17.8. The Morgan fingerprint density at radius 3 is 2.20 bits per heavy atom. The second-order valence-corrected chi connectivity index (χ2v) is 18.2. The Kier molecular flexibility index (Phi) is 18.8. The molecule has 0 unspecified atom stereocenters. The lowest BCUT2D eigenvalue weighted by Gasteiger charge is -2.38. The first-order chi connectivity index (χ1) is 33.6. The van der Waals surface area contributed by atoms with Gasteiger partial charge in [-0.2, -0.15) is 4.39 Å². The van der Waals surface area contributed by atoms with Crippen LogP contribution in [0.3, 0.4) is 0 Å². The maximum Gasteiger partial charge on any atom is 0.274 e. The number of ether oxygens (including phenoxy) is 4. The van der Waals surface area contributed by atoms with Crippen molar-refractivity contribution < 1.29 is 52.0 Å². The number of aromatic nitrogens is 1. The number of anilines is 1. The molecule has 372 valence electrons. The number of morpholine rings is 1. The molecule has 2 aliphatic heterocycles. The second kappa shape index (κ2) is 25.3. The molecular weight excluding hydrogens is 913 g/mol. The van der Waals surface area contributed by atoms with Crippen LogP contribution in [0.15, 0.2) is 78.2 Å². The van der Waals surface area contributed by atoms with E-state index in [9.17, 15) is 28.7 Å². The number of likely N-dealkylation sites (N-methyl/N-ethyl adjacent to an activating group) is 1. The molecule has 7 rings (SSSR count). The van der Waals surface area contributed by atoms with Crippen molar-refractivity contribution in [2.45, 2.75) is 68.7 Å². The fraction of sp³-hybridized carbons (Fsp3) is 0.500. The molecule has 5 N–H and O–H groups in total. The number of carbonyl (C=O) groups is 4. The summed E-state index contributed by atoms with van der Waals surface area (Å²) in [6, 6.07) is 18.4. The Hall–Kier alpha value is -5.57. The monoisotopic (exact) mass is 975 g/mol. The summed E-state index contributed by atoms with van der Waals surface area (Å²) in [5.41, 5.74) is -0.648. The van der Waals surface area contributed by atoms with E-state index in [-0.39, 0.29) is 76.2 Å². The SMILES string of the molecule is CNCC(=O)N[C@H](C(=O)N1CCC[C@H]1C(=O)N[C@@](O)(C(=O)NCCOCCOCCOc1c(-c2csc(N3CCOCC3)n2)ccc(F)c1F)C(c1ccccc1)c1ccccc1)C1CCCCC1. The number of carbonyl (C=O) groups excluding carboxylic acids is 4. The molecule has 4 aromatic rings. The van der Waals surface area contributed by atoms with E-state index < -0.39 is 47.2 Å². The van der Waals surface area contributed by atoms with Crippen LogP contribution in [0, 0.1) is 17.6 Å². The van der Waals surface area contributed by atoms with Crippen molar-refractivity contribution in [2.75, 3.05) is 90.9 Å². The van der Waals surface area contributed by atoms with Crippen LogP contribution in [0.5, 0.6) is 5.75 Å². The molecule has 19 heteroatoms. The average Bonchev–Trinajstić information content (AvgIpc) is 4.08. The Balaban J connectivity index is 0.955. The molecule has 69 heavy (non-hydrogen) atoms. The number of benzene rings is 3. The van der Waals surface area contributed by atoms with E-state index in [0.29, 0.717) is 61.5 Å². The quantitative estimate of drug-likeness (QED) is 0.0522. The number of hydrogen-bond donors (Lipinski definition) is 5. The van der Waals surface area contributed by atoms with E-state index in [1.165, 1.54) is 22.3 Å². The molecule has 4 amide bonds. The Bertz CT molecular complexity index is 2260. The molecule has 1 aliphatic carbocycles. The molecule has 3 aliphatic rings. The van der Waals surface area contributed by atoms with Gasteiger partial charge in [0.25, 0.3) is 5.91 Å². The van der Waals surface area contributed by atoms with Gasteiger partial charge in [-0.3, -0.25) is 19.2 Å². The highest BCUT2D eigenvalue weighted by atomic mass is 32.1. The van der Waals surface area contributed by atoms with Crippen LogP contribution in [-0.2, 0) is 33.4 Å². The van der Waals surface area contributed by atoms with Crippen molar-refractivity contribution in [2.24, 2.45) is 5.92 Å². The first kappa shape index (κ1) is 51.3. The first-order valence-electron chi connectivity index (χ1n) is 23.8. The molecule has 0 radical (unpaired) electrons. The molecule has 0 bridgehead atoms. The van der Waals surface area contributed by atoms with Crippen molar-refractivity contribution in [3.05, 3.63) is 101 Å². The van der Waals surface area contributed by atoms with Crippen LogP contribution in [0.2, 0.25) is 0 Å². The van der Waals surface area contributed by atoms with E-state index in [2.05, 4.69) is 31.2 Å². The molecule has 3 atom stereocenters. The number of halogens is 2. The summed E-state index contributed by atoms with van der Waals surface area (Å²) in [5.74, 6) is -5.85. The maximum atomic E-state index is 15.0. The Labute approximate surface area is 405 Å². The summed E-state index contributed by atoms with van der Waals surface area (Å²) in [6.07, 6.45) is 5.29. The molecule has 3 aromatic carbocycles. The van der Waals surface area contributed by atoms with Crippen molar-refractivity contribution in [3.8, 4) is 17.0 Å². The van der Waals surface area contributed by atoms with Crippen LogP contribution in [0.4, 0.5) is 13.9 Å². The minimum Gasteiger partial charge on any atom is -0.487 e. The number of likely N-dealkylation sites (tertiary alicyclic amines) is 1. The molecule has 0 spiro atoms. The van der Waals surface area contributed by atoms with Gasteiger partial charge in [0.05, 0.1) is 57.8 Å². The largest absolute Gasteiger partial charge is 0.487 e. The molecule has 1 saturated carbocycles. The van der Waals surface area contributed by atoms with Gasteiger partial charge in [-0.1, -0.05) is 79.9 Å². The third kappa shape index (κ3) is 13.2. The number of aliphatic hydroxyl groups is 1. The number of amides is 4. The summed E-state index contributed by atoms with van der Waals surface area (Å²) in [6.45, 7) is 3.00. The number of hydrogen-bond acceptors (Lipinski definition) is 13. The highest BCUT2D eigenvalue weighted by Gasteiger charge is 2.50. The van der Waals surface area contributed by atoms with Gasteiger partial charge < -0.3 is 55.1 Å². The summed E-state index contributed by atoms with van der Waals surface area (Å²) >= 11 is 1.40. The predicted molar refractivity (Wildman–Crippen MR) is 256 cm³/mol. The average molecular weight is 976 g/mol. The van der Waals surface area contributed by atoms with Crippen LogP contribution in [0.25, 0.3) is 11.3 Å². The van der Waals surface area contributed by atoms with Crippen LogP contribution >= 0.6 is 11.3 Å². The molecule has 2 saturated heterocycles. The number of nitrogens with zero attached hydrogens (tertiary/aromatic N) is 3. The van der Waals surface area contributed by atoms with Gasteiger partial charge >= 0.3 is 0 Å². The van der Waals surface area contributed by atoms with E-state index in [1.807, 2.05) is 12.1 Å². The van der Waals surface area contributed by atoms with Gasteiger partial charge in [0.1, 0.15) is 18.7 Å². The highest BCUT2D eigenvalue weighted by molar-refractivity contribution is 7.14. The minimum absolute atomic E-state index is 0.0155. The molecule has 3 heterocycles. The van der Waals surface area contributed by atoms with Crippen LogP contribution in [-0.4, -0.2) is 142 Å². The van der Waals surface area contributed by atoms with Gasteiger partial charge in [0.2, 0.25) is 29.3 Å². The fourth-order valence-electron chi connectivity index (χ4n) is 9.27. The zero-order chi connectivity index (χ0) is 48.6. The highest BCUT2D eigenvalue weighted by Crippen LogP contribution is 2.38. The lowest BCUT2D eigenvalue weighted by Crippen LogP contribution is -2.65. The predicted octanol–water partition coefficient (Wildman–Crippen LogP) is 4.37. The fourth-order valence-corrected chi connectivity index (χ4v) is 10.2. The smallest absolute Gasteiger partial charge is 0.274 e. The zero-order valence-corrected chi connectivity index (χ0v) is 39.8. The summed E-state index contributed by atoms with van der Waals surface area (Å²) < 4.78 is 51.8. The van der Waals surface area contributed by atoms with Crippen molar-refractivity contribution >= 4 is 40.1 Å². The topological polar surface area (TPSA) is 193 Å². The van der Waals surface area contributed by atoms with Gasteiger partial charge in [-0.15, -0.1) is 11.3 Å². The number of rotatable bonds is 23. The van der Waals surface area contributed by atoms with Crippen LogP contribution < -0.4 is 30.9 Å². The Morgan fingerprint density at radius 2 is 1.52 bits per heavy atom. The number of nitrogens with one attached hydrogen (secondary N) is 4. The minimum atomic E-state index is -2.55. The van der Waals surface area contributed by atoms with Crippen LogP contribution in [0.1, 0.15) is 62.0 Å². The van der Waals surface area contributed by atoms with E-state index in [4.69, 9.17) is 18.9 Å². The van der Waals surface area contributed by atoms with E-state index >= 15 is 4.39 Å². The number of thiazole rings is 1. The van der Waals surface area contributed by atoms with Gasteiger partial charge in [0.15, 0.2) is 16.7 Å². The van der Waals surface area contributed by atoms with Gasteiger partial charge in [-0.25, -0.2) is 9.37 Å². The van der Waals surface area contributed by atoms with Crippen molar-refractivity contribution in [1.29, 1.82) is 0 Å². The van der Waals surface area contributed by atoms with E-state index in [0.717, 1.165) is 43.3 Å².